The molecule has 3 N–H and O–H groups in total. The molecule has 0 saturated carbocycles. The largest absolute Gasteiger partial charge is 0.322 e. The first-order chi connectivity index (χ1) is 13.3. The van der Waals surface area contributed by atoms with Gasteiger partial charge >= 0.3 is 0 Å². The molecular formula is C19H22F2N4O3. The highest BCUT2D eigenvalue weighted by Gasteiger charge is 2.40. The molecule has 0 spiro atoms. The van der Waals surface area contributed by atoms with E-state index in [1.54, 1.807) is 12.1 Å². The summed E-state index contributed by atoms with van der Waals surface area (Å²) in [5.41, 5.74) is 2.19. The van der Waals surface area contributed by atoms with Crippen molar-refractivity contribution in [2.45, 2.75) is 50.4 Å². The van der Waals surface area contributed by atoms with Gasteiger partial charge in [0.05, 0.1) is 6.54 Å². The third-order valence-electron chi connectivity index (χ3n) is 5.58. The summed E-state index contributed by atoms with van der Waals surface area (Å²) in [6.07, 6.45) is 0.283. The lowest BCUT2D eigenvalue weighted by molar-refractivity contribution is -0.136. The van der Waals surface area contributed by atoms with Crippen LogP contribution in [0.5, 0.6) is 0 Å². The average molecular weight is 392 g/mol. The molecule has 3 heterocycles. The molecule has 1 aromatic carbocycles. The second kappa shape index (κ2) is 7.21. The standard InChI is InChI=1S/C19H22F2N4O3/c20-19(21)6-12(8-22-10-19)23-7-11-2-1-3-13-14(11)9-25(18(13)28)15-4-5-16(26)24-17(15)27/h1-3,12,15,22-23H,4-10H2,(H,24,26,27). The Morgan fingerprint density at radius 1 is 1.25 bits per heavy atom. The Hall–Kier alpha value is -2.39. The predicted octanol–water partition coefficient (Wildman–Crippen LogP) is 0.534. The molecule has 2 saturated heterocycles. The van der Waals surface area contributed by atoms with Crippen LogP contribution in [-0.2, 0) is 22.7 Å². The van der Waals surface area contributed by atoms with Crippen molar-refractivity contribution >= 4 is 17.7 Å². The third-order valence-corrected chi connectivity index (χ3v) is 5.58. The maximum absolute atomic E-state index is 13.6. The van der Waals surface area contributed by atoms with E-state index in [2.05, 4.69) is 16.0 Å². The average Bonchev–Trinajstić information content (AvgIpc) is 2.97. The second-order valence-electron chi connectivity index (χ2n) is 7.61. The lowest BCUT2D eigenvalue weighted by Gasteiger charge is -2.30. The number of piperidine rings is 2. The fourth-order valence-corrected chi connectivity index (χ4v) is 4.15. The molecule has 3 aliphatic heterocycles. The minimum Gasteiger partial charge on any atom is -0.322 e. The summed E-state index contributed by atoms with van der Waals surface area (Å²) in [5, 5.41) is 8.17. The molecule has 3 amide bonds. The minimum absolute atomic E-state index is 0.202. The first-order valence-corrected chi connectivity index (χ1v) is 9.41. The van der Waals surface area contributed by atoms with Crippen molar-refractivity contribution in [2.24, 2.45) is 0 Å². The van der Waals surface area contributed by atoms with E-state index >= 15 is 0 Å². The summed E-state index contributed by atoms with van der Waals surface area (Å²) in [6, 6.07) is 4.31. The predicted molar refractivity (Wildman–Crippen MR) is 95.5 cm³/mol. The van der Waals surface area contributed by atoms with Gasteiger partial charge in [0, 0.05) is 44.1 Å². The van der Waals surface area contributed by atoms with Crippen LogP contribution in [0.2, 0.25) is 0 Å². The van der Waals surface area contributed by atoms with Crippen LogP contribution < -0.4 is 16.0 Å². The molecule has 0 aliphatic carbocycles. The zero-order valence-electron chi connectivity index (χ0n) is 15.3. The van der Waals surface area contributed by atoms with E-state index in [0.717, 1.165) is 11.1 Å². The highest BCUT2D eigenvalue weighted by Crippen LogP contribution is 2.30. The Bertz CT molecular complexity index is 829. The van der Waals surface area contributed by atoms with E-state index in [0.29, 0.717) is 25.1 Å². The summed E-state index contributed by atoms with van der Waals surface area (Å²) in [7, 11) is 0. The quantitative estimate of drug-likeness (QED) is 0.651. The Morgan fingerprint density at radius 3 is 2.82 bits per heavy atom. The van der Waals surface area contributed by atoms with Gasteiger partial charge in [0.2, 0.25) is 11.8 Å². The number of alkyl halides is 2. The SMILES string of the molecule is O=C1CCC(N2Cc3c(CNC4CNCC(F)(F)C4)cccc3C2=O)C(=O)N1. The van der Waals surface area contributed by atoms with Gasteiger partial charge in [-0.2, -0.15) is 0 Å². The van der Waals surface area contributed by atoms with E-state index in [-0.39, 0.29) is 43.8 Å². The van der Waals surface area contributed by atoms with Gasteiger partial charge in [-0.3, -0.25) is 19.7 Å². The van der Waals surface area contributed by atoms with Crippen LogP contribution in [0.3, 0.4) is 0 Å². The molecule has 28 heavy (non-hydrogen) atoms. The van der Waals surface area contributed by atoms with Crippen LogP contribution in [-0.4, -0.2) is 53.7 Å². The topological polar surface area (TPSA) is 90.5 Å². The zero-order chi connectivity index (χ0) is 19.9. The van der Waals surface area contributed by atoms with Crippen molar-refractivity contribution < 1.29 is 23.2 Å². The van der Waals surface area contributed by atoms with Gasteiger partial charge in [-0.1, -0.05) is 12.1 Å². The first kappa shape index (κ1) is 18.9. The number of carbonyl (C=O) groups excluding carboxylic acids is 3. The van der Waals surface area contributed by atoms with Crippen molar-refractivity contribution in [1.82, 2.24) is 20.9 Å². The van der Waals surface area contributed by atoms with E-state index in [1.165, 1.54) is 4.90 Å². The monoisotopic (exact) mass is 392 g/mol. The van der Waals surface area contributed by atoms with Gasteiger partial charge in [-0.05, 0) is 23.6 Å². The summed E-state index contributed by atoms with van der Waals surface area (Å²) in [5.74, 6) is -3.74. The van der Waals surface area contributed by atoms with Crippen LogP contribution in [0, 0.1) is 0 Å². The normalized spacial score (nSPS) is 26.9. The van der Waals surface area contributed by atoms with Crippen LogP contribution >= 0.6 is 0 Å². The molecule has 3 aliphatic rings. The van der Waals surface area contributed by atoms with Crippen molar-refractivity contribution in [1.29, 1.82) is 0 Å². The fraction of sp³-hybridized carbons (Fsp3) is 0.526. The minimum atomic E-state index is -2.73. The molecule has 9 heteroatoms. The molecular weight excluding hydrogens is 370 g/mol. The Balaban J connectivity index is 1.47. The number of halogens is 2. The van der Waals surface area contributed by atoms with Crippen LogP contribution in [0.4, 0.5) is 8.78 Å². The second-order valence-corrected chi connectivity index (χ2v) is 7.61. The van der Waals surface area contributed by atoms with Gasteiger partial charge in [-0.25, -0.2) is 8.78 Å². The molecule has 2 unspecified atom stereocenters. The molecule has 1 aromatic rings. The number of amides is 3. The maximum atomic E-state index is 13.6. The van der Waals surface area contributed by atoms with Crippen LogP contribution in [0.1, 0.15) is 40.7 Å². The van der Waals surface area contributed by atoms with Gasteiger partial charge in [0.25, 0.3) is 11.8 Å². The Kier molecular flexibility index (Phi) is 4.88. The van der Waals surface area contributed by atoms with Crippen molar-refractivity contribution in [2.75, 3.05) is 13.1 Å². The molecule has 0 aromatic heterocycles. The Morgan fingerprint density at radius 2 is 2.07 bits per heavy atom. The highest BCUT2D eigenvalue weighted by molar-refractivity contribution is 6.05. The number of fused-ring (bicyclic) bond motifs is 1. The smallest absolute Gasteiger partial charge is 0.261 e. The van der Waals surface area contributed by atoms with Gasteiger partial charge in [0.15, 0.2) is 0 Å². The number of nitrogens with zero attached hydrogens (tertiary/aromatic N) is 1. The number of hydrogen-bond acceptors (Lipinski definition) is 5. The highest BCUT2D eigenvalue weighted by atomic mass is 19.3. The maximum Gasteiger partial charge on any atom is 0.261 e. The van der Waals surface area contributed by atoms with Gasteiger partial charge in [0.1, 0.15) is 6.04 Å². The van der Waals surface area contributed by atoms with E-state index in [9.17, 15) is 23.2 Å². The molecule has 2 atom stereocenters. The lowest BCUT2D eigenvalue weighted by atomic mass is 10.0. The fourth-order valence-electron chi connectivity index (χ4n) is 4.15. The van der Waals surface area contributed by atoms with Gasteiger partial charge < -0.3 is 15.5 Å². The number of nitrogens with one attached hydrogen (secondary N) is 3. The Labute approximate surface area is 160 Å². The van der Waals surface area contributed by atoms with Crippen LogP contribution in [0.15, 0.2) is 18.2 Å². The van der Waals surface area contributed by atoms with Crippen molar-refractivity contribution in [3.63, 3.8) is 0 Å². The third kappa shape index (κ3) is 3.64. The number of carbonyl (C=O) groups is 3. The molecule has 0 radical (unpaired) electrons. The van der Waals surface area contributed by atoms with Gasteiger partial charge in [-0.15, -0.1) is 0 Å². The zero-order valence-corrected chi connectivity index (χ0v) is 15.3. The van der Waals surface area contributed by atoms with E-state index in [1.807, 2.05) is 6.07 Å². The summed E-state index contributed by atoms with van der Waals surface area (Å²) < 4.78 is 27.1. The summed E-state index contributed by atoms with van der Waals surface area (Å²) in [6.45, 7) is 0.798. The molecule has 2 fully saturated rings. The summed E-state index contributed by atoms with van der Waals surface area (Å²) in [4.78, 5) is 37.8. The molecule has 7 nitrogen and oxygen atoms in total. The van der Waals surface area contributed by atoms with Crippen LogP contribution in [0.25, 0.3) is 0 Å². The number of imide groups is 1. The molecule has 0 bridgehead atoms. The molecule has 150 valence electrons. The van der Waals surface area contributed by atoms with Crippen molar-refractivity contribution in [3.8, 4) is 0 Å². The first-order valence-electron chi connectivity index (χ1n) is 9.41. The summed E-state index contributed by atoms with van der Waals surface area (Å²) >= 11 is 0. The number of benzene rings is 1. The van der Waals surface area contributed by atoms with E-state index in [4.69, 9.17) is 0 Å². The number of rotatable bonds is 4. The molecule has 4 rings (SSSR count). The number of hydrogen-bond donors (Lipinski definition) is 3. The van der Waals surface area contributed by atoms with Crippen molar-refractivity contribution in [3.05, 3.63) is 34.9 Å². The van der Waals surface area contributed by atoms with E-state index < -0.39 is 17.9 Å². The lowest BCUT2D eigenvalue weighted by Crippen LogP contribution is -2.52.